The lowest BCUT2D eigenvalue weighted by molar-refractivity contribution is -0.384. The fraction of sp³-hybridized carbons (Fsp3) is 0. The molecule has 0 aliphatic rings. The smallest absolute Gasteiger partial charge is 0.258 e. The first-order chi connectivity index (χ1) is 10.1. The average molecular weight is 391 g/mol. The van der Waals surface area contributed by atoms with Crippen molar-refractivity contribution in [1.29, 1.82) is 0 Å². The van der Waals surface area contributed by atoms with Crippen LogP contribution in [0.15, 0.2) is 60.7 Å². The minimum absolute atomic E-state index is 0.0733. The number of hydrogen-bond donors (Lipinski definition) is 0. The Hall–Kier alpha value is -2.22. The van der Waals surface area contributed by atoms with E-state index in [9.17, 15) is 10.1 Å². The van der Waals surface area contributed by atoms with Crippen LogP contribution in [0, 0.1) is 13.8 Å². The van der Waals surface area contributed by atoms with Crippen molar-refractivity contribution >= 4 is 28.3 Å². The van der Waals surface area contributed by atoms with Gasteiger partial charge in [-0.25, -0.2) is 4.68 Å². The Balaban J connectivity index is 2.00. The van der Waals surface area contributed by atoms with Crippen molar-refractivity contribution in [2.45, 2.75) is 0 Å². The Morgan fingerprint density at radius 3 is 2.33 bits per heavy atom. The molecule has 5 nitrogen and oxygen atoms in total. The molecular weight excluding hydrogens is 381 g/mol. The van der Waals surface area contributed by atoms with Crippen LogP contribution in [0.2, 0.25) is 0 Å². The molecule has 0 aliphatic heterocycles. The van der Waals surface area contributed by atoms with Crippen LogP contribution in [0.3, 0.4) is 0 Å². The maximum absolute atomic E-state index is 10.7. The summed E-state index contributed by atoms with van der Waals surface area (Å²) in [5.41, 5.74) is 2.78. The molecule has 0 aliphatic carbocycles. The van der Waals surface area contributed by atoms with Crippen LogP contribution in [0.1, 0.15) is 0 Å². The summed E-state index contributed by atoms with van der Waals surface area (Å²) in [6.07, 6.45) is 0. The van der Waals surface area contributed by atoms with Gasteiger partial charge in [-0.15, -0.1) is 0 Å². The maximum atomic E-state index is 10.7. The van der Waals surface area contributed by atoms with Gasteiger partial charge in [0, 0.05) is 17.7 Å². The predicted octanol–water partition coefficient (Wildman–Crippen LogP) is 4.05. The van der Waals surface area contributed by atoms with Gasteiger partial charge in [-0.2, -0.15) is 5.10 Å². The van der Waals surface area contributed by atoms with Crippen LogP contribution >= 0.6 is 22.6 Å². The van der Waals surface area contributed by atoms with Gasteiger partial charge in [0.1, 0.15) is 3.70 Å². The van der Waals surface area contributed by atoms with E-state index in [2.05, 4.69) is 27.7 Å². The molecule has 0 atom stereocenters. The van der Waals surface area contributed by atoms with E-state index in [1.54, 1.807) is 16.8 Å². The number of nitrogens with zero attached hydrogens (tertiary/aromatic N) is 3. The third kappa shape index (κ3) is 2.80. The van der Waals surface area contributed by atoms with E-state index >= 15 is 0 Å². The Bertz CT molecular complexity index is 782. The minimum atomic E-state index is -0.409. The van der Waals surface area contributed by atoms with Crippen molar-refractivity contribution in [2.24, 2.45) is 0 Å². The Labute approximate surface area is 134 Å². The first-order valence-electron chi connectivity index (χ1n) is 6.21. The lowest BCUT2D eigenvalue weighted by Crippen LogP contribution is -1.99. The van der Waals surface area contributed by atoms with E-state index in [0.717, 1.165) is 20.6 Å². The summed E-state index contributed by atoms with van der Waals surface area (Å²) < 4.78 is 2.72. The average Bonchev–Trinajstić information content (AvgIpc) is 2.90. The van der Waals surface area contributed by atoms with Crippen LogP contribution in [0.25, 0.3) is 16.9 Å². The Morgan fingerprint density at radius 2 is 1.71 bits per heavy atom. The van der Waals surface area contributed by atoms with E-state index < -0.39 is 4.92 Å². The highest BCUT2D eigenvalue weighted by atomic mass is 127. The molecule has 1 heterocycles. The molecule has 0 fully saturated rings. The highest BCUT2D eigenvalue weighted by Crippen LogP contribution is 2.23. The van der Waals surface area contributed by atoms with Crippen molar-refractivity contribution in [3.63, 3.8) is 0 Å². The van der Waals surface area contributed by atoms with Crippen molar-refractivity contribution < 1.29 is 4.92 Å². The molecule has 0 saturated heterocycles. The van der Waals surface area contributed by atoms with Gasteiger partial charge >= 0.3 is 0 Å². The quantitative estimate of drug-likeness (QED) is 0.385. The van der Waals surface area contributed by atoms with Gasteiger partial charge in [0.05, 0.1) is 16.3 Å². The van der Waals surface area contributed by atoms with Crippen LogP contribution in [-0.2, 0) is 0 Å². The molecule has 3 aromatic rings. The third-order valence-corrected chi connectivity index (χ3v) is 3.81. The molecule has 0 bridgehead atoms. The van der Waals surface area contributed by atoms with Gasteiger partial charge < -0.3 is 0 Å². The van der Waals surface area contributed by atoms with E-state index in [1.165, 1.54) is 12.1 Å². The maximum Gasteiger partial charge on any atom is 0.269 e. The highest BCUT2D eigenvalue weighted by molar-refractivity contribution is 14.1. The number of halogens is 1. The first kappa shape index (κ1) is 13.7. The van der Waals surface area contributed by atoms with Crippen LogP contribution in [0.5, 0.6) is 0 Å². The van der Waals surface area contributed by atoms with Gasteiger partial charge in [-0.05, 0) is 40.8 Å². The summed E-state index contributed by atoms with van der Waals surface area (Å²) in [6.45, 7) is 0. The zero-order valence-electron chi connectivity index (χ0n) is 10.8. The summed E-state index contributed by atoms with van der Waals surface area (Å²) in [7, 11) is 0. The molecule has 6 heteroatoms. The molecule has 0 amide bonds. The lowest BCUT2D eigenvalue weighted by Gasteiger charge is -2.02. The molecule has 21 heavy (non-hydrogen) atoms. The second-order valence-electron chi connectivity index (χ2n) is 4.40. The summed E-state index contributed by atoms with van der Waals surface area (Å²) in [5, 5.41) is 15.3. The second kappa shape index (κ2) is 5.65. The van der Waals surface area contributed by atoms with Gasteiger partial charge in [0.15, 0.2) is 0 Å². The molecule has 104 valence electrons. The van der Waals surface area contributed by atoms with Crippen LogP contribution in [-0.4, -0.2) is 14.7 Å². The van der Waals surface area contributed by atoms with Gasteiger partial charge in [-0.3, -0.25) is 10.1 Å². The fourth-order valence-electron chi connectivity index (χ4n) is 2.00. The Morgan fingerprint density at radius 1 is 1.05 bits per heavy atom. The zero-order chi connectivity index (χ0) is 14.8. The largest absolute Gasteiger partial charge is 0.269 e. The molecular formula is C15H10IN3O2. The van der Waals surface area contributed by atoms with E-state index in [1.807, 2.05) is 36.4 Å². The van der Waals surface area contributed by atoms with E-state index in [4.69, 9.17) is 0 Å². The number of non-ortho nitro benzene ring substituents is 1. The molecule has 1 aromatic heterocycles. The summed E-state index contributed by atoms with van der Waals surface area (Å²) in [5.74, 6) is 0. The number of benzene rings is 2. The summed E-state index contributed by atoms with van der Waals surface area (Å²) in [6, 6.07) is 18.2. The molecule has 0 radical (unpaired) electrons. The van der Waals surface area contributed by atoms with Crippen LogP contribution < -0.4 is 0 Å². The van der Waals surface area contributed by atoms with Crippen molar-refractivity contribution in [3.05, 3.63) is 74.5 Å². The van der Waals surface area contributed by atoms with Crippen molar-refractivity contribution in [2.75, 3.05) is 0 Å². The number of nitro benzene ring substituents is 1. The third-order valence-electron chi connectivity index (χ3n) is 3.04. The molecule has 2 aromatic carbocycles. The summed E-state index contributed by atoms with van der Waals surface area (Å²) in [4.78, 5) is 10.3. The Kier molecular flexibility index (Phi) is 3.70. The number of nitro groups is 1. The monoisotopic (exact) mass is 391 g/mol. The number of aromatic nitrogens is 2. The first-order valence-corrected chi connectivity index (χ1v) is 7.29. The molecule has 0 saturated carbocycles. The molecule has 0 N–H and O–H groups in total. The minimum Gasteiger partial charge on any atom is -0.258 e. The van der Waals surface area contributed by atoms with Gasteiger partial charge in [0.2, 0.25) is 0 Å². The lowest BCUT2D eigenvalue weighted by atomic mass is 10.2. The predicted molar refractivity (Wildman–Crippen MR) is 88.4 cm³/mol. The van der Waals surface area contributed by atoms with Crippen molar-refractivity contribution in [3.8, 4) is 16.9 Å². The molecule has 3 rings (SSSR count). The van der Waals surface area contributed by atoms with E-state index in [-0.39, 0.29) is 5.69 Å². The normalized spacial score (nSPS) is 10.5. The van der Waals surface area contributed by atoms with Crippen LogP contribution in [0.4, 0.5) is 5.69 Å². The fourth-order valence-corrected chi connectivity index (χ4v) is 2.69. The van der Waals surface area contributed by atoms with Gasteiger partial charge in [0.25, 0.3) is 5.69 Å². The zero-order valence-corrected chi connectivity index (χ0v) is 13.0. The van der Waals surface area contributed by atoms with E-state index in [0.29, 0.717) is 0 Å². The highest BCUT2D eigenvalue weighted by Gasteiger charge is 2.10. The SMILES string of the molecule is O=[N+]([O-])c1ccc(-n2nc(-c3ccccc3)cc2I)cc1. The molecule has 0 spiro atoms. The topological polar surface area (TPSA) is 61.0 Å². The number of hydrogen-bond acceptors (Lipinski definition) is 3. The second-order valence-corrected chi connectivity index (χ2v) is 5.51. The number of rotatable bonds is 3. The summed E-state index contributed by atoms with van der Waals surface area (Å²) >= 11 is 2.20. The van der Waals surface area contributed by atoms with Crippen molar-refractivity contribution in [1.82, 2.24) is 9.78 Å². The standard InChI is InChI=1S/C15H10IN3O2/c16-15-10-14(11-4-2-1-3-5-11)17-18(15)12-6-8-13(9-7-12)19(20)21/h1-10H. The molecule has 0 unspecified atom stereocenters. The van der Waals surface area contributed by atoms with Gasteiger partial charge in [-0.1, -0.05) is 30.3 Å².